The fourth-order valence-corrected chi connectivity index (χ4v) is 4.45. The van der Waals surface area contributed by atoms with E-state index in [0.717, 1.165) is 30.4 Å². The molecule has 0 amide bonds. The predicted octanol–water partition coefficient (Wildman–Crippen LogP) is 3.95. The first-order chi connectivity index (χ1) is 8.99. The van der Waals surface area contributed by atoms with Crippen molar-refractivity contribution in [1.82, 2.24) is 5.32 Å². The maximum Gasteiger partial charge on any atom is 0.0470 e. The van der Waals surface area contributed by atoms with E-state index in [0.29, 0.717) is 5.41 Å². The van der Waals surface area contributed by atoms with Crippen LogP contribution in [-0.4, -0.2) is 37.3 Å². The van der Waals surface area contributed by atoms with Crippen LogP contribution in [0.3, 0.4) is 0 Å². The van der Waals surface area contributed by atoms with Crippen molar-refractivity contribution in [2.24, 2.45) is 11.3 Å². The van der Waals surface area contributed by atoms with Gasteiger partial charge in [-0.2, -0.15) is 11.8 Å². The molecule has 1 fully saturated rings. The van der Waals surface area contributed by atoms with Crippen LogP contribution in [0.15, 0.2) is 0 Å². The van der Waals surface area contributed by atoms with E-state index < -0.39 is 0 Å². The van der Waals surface area contributed by atoms with E-state index in [-0.39, 0.29) is 0 Å². The lowest BCUT2D eigenvalue weighted by molar-refractivity contribution is 0.165. The van der Waals surface area contributed by atoms with Crippen LogP contribution in [0.1, 0.15) is 53.4 Å². The Morgan fingerprint density at radius 1 is 1.26 bits per heavy atom. The molecule has 1 rings (SSSR count). The first kappa shape index (κ1) is 17.3. The van der Waals surface area contributed by atoms with Gasteiger partial charge in [0.1, 0.15) is 0 Å². The summed E-state index contributed by atoms with van der Waals surface area (Å²) in [6.07, 6.45) is 5.28. The van der Waals surface area contributed by atoms with Crippen molar-refractivity contribution in [3.63, 3.8) is 0 Å². The normalized spacial score (nSPS) is 28.6. The highest BCUT2D eigenvalue weighted by atomic mass is 32.2. The lowest BCUT2D eigenvalue weighted by atomic mass is 9.71. The molecular weight excluding hydrogens is 254 g/mol. The highest BCUT2D eigenvalue weighted by molar-refractivity contribution is 7.99. The largest absolute Gasteiger partial charge is 0.385 e. The van der Waals surface area contributed by atoms with Crippen molar-refractivity contribution in [2.75, 3.05) is 26.0 Å². The molecule has 0 bridgehead atoms. The topological polar surface area (TPSA) is 21.3 Å². The number of methoxy groups -OCH3 is 1. The molecule has 0 saturated heterocycles. The summed E-state index contributed by atoms with van der Waals surface area (Å²) in [5, 5.41) is 4.48. The Morgan fingerprint density at radius 3 is 2.58 bits per heavy atom. The minimum atomic E-state index is 0.461. The first-order valence-electron chi connectivity index (χ1n) is 7.83. The maximum absolute atomic E-state index is 5.15. The van der Waals surface area contributed by atoms with E-state index in [1.54, 1.807) is 7.11 Å². The van der Waals surface area contributed by atoms with Gasteiger partial charge in [0, 0.05) is 25.0 Å². The minimum absolute atomic E-state index is 0.461. The Labute approximate surface area is 124 Å². The molecule has 0 heterocycles. The summed E-state index contributed by atoms with van der Waals surface area (Å²) in [6, 6.07) is 0.719. The molecule has 0 aliphatic heterocycles. The van der Waals surface area contributed by atoms with Gasteiger partial charge in [-0.05, 0) is 49.3 Å². The second-order valence-corrected chi connectivity index (χ2v) is 8.14. The van der Waals surface area contributed by atoms with Crippen molar-refractivity contribution >= 4 is 11.8 Å². The highest BCUT2D eigenvalue weighted by Gasteiger charge is 2.35. The molecule has 3 unspecified atom stereocenters. The standard InChI is InChI=1S/C16H33NOS/c1-6-17-14-9-8-13(16(2,3)4)12-15(14)19-11-7-10-18-5/h13-15,17H,6-12H2,1-5H3. The summed E-state index contributed by atoms with van der Waals surface area (Å²) in [7, 11) is 1.79. The third-order valence-corrected chi connectivity index (χ3v) is 5.78. The Hall–Kier alpha value is 0.270. The molecule has 0 spiro atoms. The first-order valence-corrected chi connectivity index (χ1v) is 8.87. The Morgan fingerprint density at radius 2 is 2.00 bits per heavy atom. The zero-order chi connectivity index (χ0) is 14.3. The maximum atomic E-state index is 5.15. The van der Waals surface area contributed by atoms with Crippen molar-refractivity contribution < 1.29 is 4.74 Å². The number of nitrogens with one attached hydrogen (secondary N) is 1. The average Bonchev–Trinajstić information content (AvgIpc) is 2.35. The van der Waals surface area contributed by atoms with Crippen molar-refractivity contribution in [3.05, 3.63) is 0 Å². The van der Waals surface area contributed by atoms with Gasteiger partial charge in [-0.1, -0.05) is 27.7 Å². The van der Waals surface area contributed by atoms with Gasteiger partial charge in [0.2, 0.25) is 0 Å². The molecule has 1 saturated carbocycles. The lowest BCUT2D eigenvalue weighted by Gasteiger charge is -2.42. The summed E-state index contributed by atoms with van der Waals surface area (Å²) in [4.78, 5) is 0. The Bertz CT molecular complexity index is 239. The number of ether oxygens (including phenoxy) is 1. The fraction of sp³-hybridized carbons (Fsp3) is 1.00. The summed E-state index contributed by atoms with van der Waals surface area (Å²) in [5.74, 6) is 2.11. The molecule has 1 aliphatic rings. The predicted molar refractivity (Wildman–Crippen MR) is 87.0 cm³/mol. The molecular formula is C16H33NOS. The van der Waals surface area contributed by atoms with Crippen molar-refractivity contribution in [2.45, 2.75) is 64.7 Å². The third kappa shape index (κ3) is 6.05. The summed E-state index contributed by atoms with van der Waals surface area (Å²) < 4.78 is 5.15. The monoisotopic (exact) mass is 287 g/mol. The van der Waals surface area contributed by atoms with Crippen LogP contribution in [-0.2, 0) is 4.74 Å². The SMILES string of the molecule is CCNC1CCC(C(C)(C)C)CC1SCCCOC. The smallest absolute Gasteiger partial charge is 0.0470 e. The van der Waals surface area contributed by atoms with Gasteiger partial charge in [0.05, 0.1) is 0 Å². The summed E-state index contributed by atoms with van der Waals surface area (Å²) in [6.45, 7) is 11.4. The van der Waals surface area contributed by atoms with Crippen molar-refractivity contribution in [1.29, 1.82) is 0 Å². The average molecular weight is 288 g/mol. The quantitative estimate of drug-likeness (QED) is 0.716. The molecule has 0 radical (unpaired) electrons. The molecule has 1 aliphatic carbocycles. The Balaban J connectivity index is 2.48. The summed E-state index contributed by atoms with van der Waals surface area (Å²) in [5.41, 5.74) is 0.461. The van der Waals surface area contributed by atoms with E-state index in [4.69, 9.17) is 4.74 Å². The third-order valence-electron chi connectivity index (χ3n) is 4.31. The summed E-state index contributed by atoms with van der Waals surface area (Å²) >= 11 is 2.16. The van der Waals surface area contributed by atoms with Crippen LogP contribution >= 0.6 is 11.8 Å². The molecule has 1 N–H and O–H groups in total. The highest BCUT2D eigenvalue weighted by Crippen LogP contribution is 2.41. The van der Waals surface area contributed by atoms with Crippen LogP contribution in [0.4, 0.5) is 0 Å². The van der Waals surface area contributed by atoms with E-state index in [9.17, 15) is 0 Å². The van der Waals surface area contributed by atoms with E-state index in [1.807, 2.05) is 0 Å². The zero-order valence-electron chi connectivity index (χ0n) is 13.5. The molecule has 19 heavy (non-hydrogen) atoms. The molecule has 0 aromatic carbocycles. The van der Waals surface area contributed by atoms with E-state index in [2.05, 4.69) is 44.8 Å². The van der Waals surface area contributed by atoms with Crippen LogP contribution in [0, 0.1) is 11.3 Å². The van der Waals surface area contributed by atoms with Crippen LogP contribution in [0.5, 0.6) is 0 Å². The van der Waals surface area contributed by atoms with Gasteiger partial charge in [0.15, 0.2) is 0 Å². The number of hydrogen-bond acceptors (Lipinski definition) is 3. The number of thioether (sulfide) groups is 1. The number of hydrogen-bond donors (Lipinski definition) is 1. The van der Waals surface area contributed by atoms with Gasteiger partial charge in [0.25, 0.3) is 0 Å². The van der Waals surface area contributed by atoms with Crippen LogP contribution in [0.2, 0.25) is 0 Å². The van der Waals surface area contributed by atoms with E-state index >= 15 is 0 Å². The molecule has 3 heteroatoms. The van der Waals surface area contributed by atoms with Crippen LogP contribution < -0.4 is 5.32 Å². The van der Waals surface area contributed by atoms with Gasteiger partial charge in [-0.25, -0.2) is 0 Å². The second kappa shape index (κ2) is 8.53. The Kier molecular flexibility index (Phi) is 7.78. The minimum Gasteiger partial charge on any atom is -0.385 e. The van der Waals surface area contributed by atoms with Crippen molar-refractivity contribution in [3.8, 4) is 0 Å². The molecule has 2 nitrogen and oxygen atoms in total. The fourth-order valence-electron chi connectivity index (χ4n) is 3.03. The molecule has 3 atom stereocenters. The second-order valence-electron chi connectivity index (χ2n) is 6.80. The van der Waals surface area contributed by atoms with E-state index in [1.165, 1.54) is 31.4 Å². The number of rotatable bonds is 7. The van der Waals surface area contributed by atoms with Gasteiger partial charge >= 0.3 is 0 Å². The molecule has 114 valence electrons. The van der Waals surface area contributed by atoms with Crippen LogP contribution in [0.25, 0.3) is 0 Å². The van der Waals surface area contributed by atoms with Gasteiger partial charge in [-0.3, -0.25) is 0 Å². The van der Waals surface area contributed by atoms with Gasteiger partial charge < -0.3 is 10.1 Å². The zero-order valence-corrected chi connectivity index (χ0v) is 14.3. The van der Waals surface area contributed by atoms with Gasteiger partial charge in [-0.15, -0.1) is 0 Å². The molecule has 0 aromatic rings. The molecule has 0 aromatic heterocycles. The lowest BCUT2D eigenvalue weighted by Crippen LogP contribution is -2.44.